The highest BCUT2D eigenvalue weighted by atomic mass is 16.5. The Morgan fingerprint density at radius 3 is 1.60 bits per heavy atom. The summed E-state index contributed by atoms with van der Waals surface area (Å²) < 4.78 is 0.979. The number of hydroxylamine groups is 1. The number of aliphatic hydroxyl groups is 1. The van der Waals surface area contributed by atoms with Crippen molar-refractivity contribution in [2.45, 2.75) is 44.5 Å². The zero-order valence-electron chi connectivity index (χ0n) is 15.5. The molecule has 0 saturated heterocycles. The highest BCUT2D eigenvalue weighted by Gasteiger charge is 2.62. The first kappa shape index (κ1) is 17.6. The van der Waals surface area contributed by atoms with E-state index in [0.717, 1.165) is 4.74 Å². The minimum Gasteiger partial charge on any atom is -0.622 e. The lowest BCUT2D eigenvalue weighted by atomic mass is 9.75. The first-order valence-electron chi connectivity index (χ1n) is 8.57. The third kappa shape index (κ3) is 2.40. The van der Waals surface area contributed by atoms with Gasteiger partial charge < -0.3 is 10.3 Å². The maximum Gasteiger partial charge on any atom is 0.226 e. The third-order valence-electron chi connectivity index (χ3n) is 5.66. The topological polar surface area (TPSA) is 49.5 Å². The molecule has 25 heavy (non-hydrogen) atoms. The first-order chi connectivity index (χ1) is 11.6. The van der Waals surface area contributed by atoms with Gasteiger partial charge in [0.15, 0.2) is 5.60 Å². The fourth-order valence-electron chi connectivity index (χ4n) is 3.89. The smallest absolute Gasteiger partial charge is 0.226 e. The van der Waals surface area contributed by atoms with Gasteiger partial charge in [-0.05, 0) is 32.0 Å². The summed E-state index contributed by atoms with van der Waals surface area (Å²) in [6, 6.07) is 18.8. The van der Waals surface area contributed by atoms with E-state index in [-0.39, 0.29) is 0 Å². The van der Waals surface area contributed by atoms with Crippen molar-refractivity contribution in [1.29, 1.82) is 0 Å². The molecule has 1 aliphatic rings. The predicted molar refractivity (Wildman–Crippen MR) is 100 cm³/mol. The molecule has 1 aliphatic heterocycles. The van der Waals surface area contributed by atoms with Gasteiger partial charge in [0, 0.05) is 13.8 Å². The lowest BCUT2D eigenvalue weighted by molar-refractivity contribution is -0.559. The minimum atomic E-state index is -1.50. The van der Waals surface area contributed by atoms with Crippen LogP contribution in [0.3, 0.4) is 0 Å². The molecule has 0 spiro atoms. The van der Waals surface area contributed by atoms with Gasteiger partial charge in [-0.15, -0.1) is 0 Å². The van der Waals surface area contributed by atoms with Crippen LogP contribution >= 0.6 is 0 Å². The molecular weight excluding hydrogens is 312 g/mol. The average molecular weight is 338 g/mol. The lowest BCUT2D eigenvalue weighted by Crippen LogP contribution is -2.55. The third-order valence-corrected chi connectivity index (χ3v) is 5.66. The van der Waals surface area contributed by atoms with Crippen LogP contribution in [0.25, 0.3) is 0 Å². The van der Waals surface area contributed by atoms with E-state index >= 15 is 0 Å². The van der Waals surface area contributed by atoms with E-state index in [1.165, 1.54) is 0 Å². The number of hydrogen-bond acceptors (Lipinski definition) is 3. The molecule has 0 amide bonds. The van der Waals surface area contributed by atoms with E-state index in [4.69, 9.17) is 0 Å². The standard InChI is InChI=1S/C21H26N2O2/c1-19(2)18(23(25)20(3,4)22(19)5)21(24,16-12-8-6-9-13-16)17-14-10-7-11-15-17/h6-15,24H,1-5H3. The summed E-state index contributed by atoms with van der Waals surface area (Å²) >= 11 is 0. The largest absolute Gasteiger partial charge is 0.622 e. The molecular formula is C21H26N2O2. The average Bonchev–Trinajstić information content (AvgIpc) is 2.73. The van der Waals surface area contributed by atoms with Crippen LogP contribution in [0.2, 0.25) is 0 Å². The van der Waals surface area contributed by atoms with Gasteiger partial charge in [0.05, 0.1) is 0 Å². The lowest BCUT2D eigenvalue weighted by Gasteiger charge is -2.36. The van der Waals surface area contributed by atoms with Crippen molar-refractivity contribution in [3.05, 3.63) is 77.0 Å². The van der Waals surface area contributed by atoms with Crippen LogP contribution in [0.1, 0.15) is 38.8 Å². The molecule has 132 valence electrons. The van der Waals surface area contributed by atoms with Crippen molar-refractivity contribution in [2.24, 2.45) is 0 Å². The van der Waals surface area contributed by atoms with Crippen LogP contribution < -0.4 is 0 Å². The van der Waals surface area contributed by atoms with Crippen LogP contribution in [0.15, 0.2) is 60.7 Å². The molecule has 1 N–H and O–H groups in total. The summed E-state index contributed by atoms with van der Waals surface area (Å²) in [5, 5.41) is 25.3. The molecule has 1 heterocycles. The van der Waals surface area contributed by atoms with E-state index in [0.29, 0.717) is 16.8 Å². The molecule has 0 aliphatic carbocycles. The van der Waals surface area contributed by atoms with E-state index in [2.05, 4.69) is 0 Å². The summed E-state index contributed by atoms with van der Waals surface area (Å²) in [7, 11) is 1.92. The molecule has 3 rings (SSSR count). The highest BCUT2D eigenvalue weighted by Crippen LogP contribution is 2.43. The fraction of sp³-hybridized carbons (Fsp3) is 0.381. The number of nitrogens with zero attached hydrogens (tertiary/aromatic N) is 2. The van der Waals surface area contributed by atoms with Crippen molar-refractivity contribution in [3.63, 3.8) is 0 Å². The SMILES string of the molecule is CN1C(C)(C)C(C(O)(c2ccccc2)c2ccccc2)=[N+]([O-])C1(C)C. The molecule has 4 heteroatoms. The second-order valence-electron chi connectivity index (χ2n) is 7.70. The Balaban J connectivity index is 2.36. The Kier molecular flexibility index (Phi) is 4.01. The molecule has 2 aromatic rings. The maximum absolute atomic E-state index is 13.3. The van der Waals surface area contributed by atoms with E-state index in [1.807, 2.05) is 100 Å². The predicted octanol–water partition coefficient (Wildman–Crippen LogP) is 3.33. The fourth-order valence-corrected chi connectivity index (χ4v) is 3.89. The monoisotopic (exact) mass is 338 g/mol. The summed E-state index contributed by atoms with van der Waals surface area (Å²) in [5.41, 5.74) is -1.06. The molecule has 0 radical (unpaired) electrons. The van der Waals surface area contributed by atoms with E-state index in [1.54, 1.807) is 0 Å². The molecule has 0 fully saturated rings. The van der Waals surface area contributed by atoms with Crippen LogP contribution in [0.4, 0.5) is 0 Å². The van der Waals surface area contributed by atoms with Crippen molar-refractivity contribution in [2.75, 3.05) is 7.05 Å². The summed E-state index contributed by atoms with van der Waals surface area (Å²) in [6.45, 7) is 7.73. The van der Waals surface area contributed by atoms with Crippen LogP contribution in [0, 0.1) is 5.21 Å². The molecule has 0 saturated carbocycles. The van der Waals surface area contributed by atoms with Crippen LogP contribution in [-0.4, -0.2) is 38.7 Å². The summed E-state index contributed by atoms with van der Waals surface area (Å²) in [4.78, 5) is 2.01. The Morgan fingerprint density at radius 1 is 0.880 bits per heavy atom. The summed E-state index contributed by atoms with van der Waals surface area (Å²) in [5.74, 6) is 0. The van der Waals surface area contributed by atoms with Gasteiger partial charge in [-0.25, -0.2) is 4.90 Å². The van der Waals surface area contributed by atoms with Crippen molar-refractivity contribution in [1.82, 2.24) is 4.90 Å². The van der Waals surface area contributed by atoms with Crippen LogP contribution in [0.5, 0.6) is 0 Å². The van der Waals surface area contributed by atoms with E-state index in [9.17, 15) is 10.3 Å². The number of rotatable bonds is 3. The van der Waals surface area contributed by atoms with Gasteiger partial charge >= 0.3 is 0 Å². The maximum atomic E-state index is 13.3. The highest BCUT2D eigenvalue weighted by molar-refractivity contribution is 6.00. The Bertz CT molecular complexity index is 756. The number of hydrogen-bond donors (Lipinski definition) is 1. The van der Waals surface area contributed by atoms with Crippen molar-refractivity contribution < 1.29 is 9.85 Å². The molecule has 0 aromatic heterocycles. The Labute approximate surface area is 149 Å². The van der Waals surface area contributed by atoms with Gasteiger partial charge in [0.2, 0.25) is 11.4 Å². The van der Waals surface area contributed by atoms with Gasteiger partial charge in [0.1, 0.15) is 5.54 Å². The molecule has 4 nitrogen and oxygen atoms in total. The van der Waals surface area contributed by atoms with Crippen LogP contribution in [-0.2, 0) is 5.60 Å². The molecule has 0 unspecified atom stereocenters. The minimum absolute atomic E-state index is 0.435. The molecule has 2 aromatic carbocycles. The zero-order valence-corrected chi connectivity index (χ0v) is 15.5. The van der Waals surface area contributed by atoms with Gasteiger partial charge in [0.25, 0.3) is 0 Å². The van der Waals surface area contributed by atoms with Crippen molar-refractivity contribution in [3.8, 4) is 0 Å². The molecule has 0 atom stereocenters. The quantitative estimate of drug-likeness (QED) is 0.690. The van der Waals surface area contributed by atoms with Gasteiger partial charge in [-0.1, -0.05) is 60.7 Å². The zero-order chi connectivity index (χ0) is 18.5. The second-order valence-corrected chi connectivity index (χ2v) is 7.70. The summed E-state index contributed by atoms with van der Waals surface area (Å²) in [6.07, 6.45) is 0. The van der Waals surface area contributed by atoms with E-state index < -0.39 is 16.8 Å². The second kappa shape index (κ2) is 5.68. The Hall–Kier alpha value is -2.17. The van der Waals surface area contributed by atoms with Crippen molar-refractivity contribution >= 4 is 5.71 Å². The Morgan fingerprint density at radius 2 is 1.28 bits per heavy atom. The van der Waals surface area contributed by atoms with Gasteiger partial charge in [-0.2, -0.15) is 4.74 Å². The number of benzene rings is 2. The van der Waals surface area contributed by atoms with Gasteiger partial charge in [-0.3, -0.25) is 0 Å². The first-order valence-corrected chi connectivity index (χ1v) is 8.57. The molecule has 0 bridgehead atoms. The normalized spacial score (nSPS) is 20.1.